The van der Waals surface area contributed by atoms with Crippen LogP contribution in [0.1, 0.15) is 26.3 Å². The maximum atomic E-state index is 13.0. The maximum Gasteiger partial charge on any atom is 0.418 e. The lowest BCUT2D eigenvalue weighted by atomic mass is 9.87. The number of nitrogens with two attached hydrogens (primary N) is 1. The van der Waals surface area contributed by atoms with Crippen LogP contribution < -0.4 is 15.8 Å². The van der Waals surface area contributed by atoms with Crippen LogP contribution in [0.15, 0.2) is 18.2 Å². The molecule has 0 aromatic heterocycles. The summed E-state index contributed by atoms with van der Waals surface area (Å²) in [6.45, 7) is 5.20. The molecule has 0 fully saturated rings. The highest BCUT2D eigenvalue weighted by atomic mass is 19.4. The summed E-state index contributed by atoms with van der Waals surface area (Å²) in [5.74, 6) is -0.612. The van der Waals surface area contributed by atoms with Crippen LogP contribution >= 0.6 is 0 Å². The van der Waals surface area contributed by atoms with Crippen molar-refractivity contribution in [2.75, 3.05) is 12.4 Å². The van der Waals surface area contributed by atoms with Gasteiger partial charge in [-0.25, -0.2) is 0 Å². The van der Waals surface area contributed by atoms with Crippen molar-refractivity contribution < 1.29 is 22.7 Å². The van der Waals surface area contributed by atoms with Gasteiger partial charge in [-0.1, -0.05) is 20.8 Å². The van der Waals surface area contributed by atoms with Gasteiger partial charge in [-0.05, 0) is 23.6 Å². The minimum Gasteiger partial charge on any atom is -0.497 e. The second-order valence-electron chi connectivity index (χ2n) is 5.74. The van der Waals surface area contributed by atoms with Gasteiger partial charge in [0, 0.05) is 0 Å². The van der Waals surface area contributed by atoms with Crippen molar-refractivity contribution in [3.8, 4) is 5.75 Å². The fourth-order valence-electron chi connectivity index (χ4n) is 1.60. The van der Waals surface area contributed by atoms with Gasteiger partial charge in [0.1, 0.15) is 5.75 Å². The maximum absolute atomic E-state index is 13.0. The van der Waals surface area contributed by atoms with Crippen LogP contribution in [0.2, 0.25) is 0 Å². The van der Waals surface area contributed by atoms with E-state index in [1.807, 2.05) is 0 Å². The molecular formula is C14H19F3N2O2. The van der Waals surface area contributed by atoms with Crippen LogP contribution in [-0.2, 0) is 11.0 Å². The minimum atomic E-state index is -4.61. The third kappa shape index (κ3) is 4.35. The number of rotatable bonds is 3. The number of carbonyl (C=O) groups excluding carboxylic acids is 1. The molecular weight excluding hydrogens is 285 g/mol. The number of hydrogen-bond donors (Lipinski definition) is 2. The summed E-state index contributed by atoms with van der Waals surface area (Å²) in [6.07, 6.45) is -4.61. The van der Waals surface area contributed by atoms with E-state index in [0.717, 1.165) is 12.1 Å². The monoisotopic (exact) mass is 304 g/mol. The second-order valence-corrected chi connectivity index (χ2v) is 5.74. The first-order chi connectivity index (χ1) is 9.46. The Balaban J connectivity index is 3.11. The molecule has 0 bridgehead atoms. The Morgan fingerprint density at radius 3 is 2.29 bits per heavy atom. The summed E-state index contributed by atoms with van der Waals surface area (Å²) in [5, 5.41) is 2.24. The number of anilines is 1. The fraction of sp³-hybridized carbons (Fsp3) is 0.500. The highest BCUT2D eigenvalue weighted by Crippen LogP contribution is 2.37. The zero-order chi connectivity index (χ0) is 16.4. The number of hydrogen-bond acceptors (Lipinski definition) is 3. The number of alkyl halides is 3. The average Bonchev–Trinajstić information content (AvgIpc) is 2.35. The minimum absolute atomic E-state index is 0.0560. The van der Waals surface area contributed by atoms with Crippen molar-refractivity contribution in [1.82, 2.24) is 0 Å². The molecule has 118 valence electrons. The average molecular weight is 304 g/mol. The first-order valence-electron chi connectivity index (χ1n) is 6.28. The molecule has 21 heavy (non-hydrogen) atoms. The largest absolute Gasteiger partial charge is 0.497 e. The molecule has 1 amide bonds. The molecule has 1 rings (SSSR count). The van der Waals surface area contributed by atoms with Gasteiger partial charge in [0.2, 0.25) is 5.91 Å². The zero-order valence-electron chi connectivity index (χ0n) is 12.3. The van der Waals surface area contributed by atoms with Crippen molar-refractivity contribution in [3.63, 3.8) is 0 Å². The summed E-state index contributed by atoms with van der Waals surface area (Å²) in [5.41, 5.74) is 3.86. The van der Waals surface area contributed by atoms with Crippen LogP contribution in [0, 0.1) is 5.41 Å². The lowest BCUT2D eigenvalue weighted by Gasteiger charge is -2.26. The molecule has 0 heterocycles. The molecule has 0 saturated heterocycles. The number of carbonyl (C=O) groups is 1. The molecule has 1 atom stereocenters. The highest BCUT2D eigenvalue weighted by molar-refractivity contribution is 5.96. The summed E-state index contributed by atoms with van der Waals surface area (Å²) in [6, 6.07) is 2.39. The topological polar surface area (TPSA) is 64.3 Å². The third-order valence-corrected chi connectivity index (χ3v) is 3.01. The molecule has 3 N–H and O–H groups in total. The van der Waals surface area contributed by atoms with Gasteiger partial charge in [-0.2, -0.15) is 13.2 Å². The number of halogens is 3. The second kappa shape index (κ2) is 5.93. The number of methoxy groups -OCH3 is 1. The number of benzene rings is 1. The van der Waals surface area contributed by atoms with E-state index in [9.17, 15) is 18.0 Å². The van der Waals surface area contributed by atoms with E-state index >= 15 is 0 Å². The summed E-state index contributed by atoms with van der Waals surface area (Å²) < 4.78 is 43.8. The summed E-state index contributed by atoms with van der Waals surface area (Å²) in [7, 11) is 1.27. The first kappa shape index (κ1) is 17.3. The van der Waals surface area contributed by atoms with Crippen LogP contribution in [0.5, 0.6) is 5.75 Å². The highest BCUT2D eigenvalue weighted by Gasteiger charge is 2.35. The van der Waals surface area contributed by atoms with Crippen molar-refractivity contribution in [2.45, 2.75) is 33.0 Å². The van der Waals surface area contributed by atoms with Crippen LogP contribution in [-0.4, -0.2) is 19.1 Å². The zero-order valence-corrected chi connectivity index (χ0v) is 12.3. The van der Waals surface area contributed by atoms with Gasteiger partial charge >= 0.3 is 6.18 Å². The number of ether oxygens (including phenoxy) is 1. The summed E-state index contributed by atoms with van der Waals surface area (Å²) >= 11 is 0. The SMILES string of the molecule is COc1ccc(NC(=O)C(N)C(C)(C)C)c(C(F)(F)F)c1. The smallest absolute Gasteiger partial charge is 0.418 e. The molecule has 0 aliphatic heterocycles. The Morgan fingerprint density at radius 2 is 1.86 bits per heavy atom. The lowest BCUT2D eigenvalue weighted by Crippen LogP contribution is -2.45. The molecule has 0 aliphatic carbocycles. The third-order valence-electron chi connectivity index (χ3n) is 3.01. The summed E-state index contributed by atoms with van der Waals surface area (Å²) in [4.78, 5) is 12.0. The van der Waals surface area contributed by atoms with Crippen molar-refractivity contribution >= 4 is 11.6 Å². The molecule has 0 saturated carbocycles. The number of nitrogens with one attached hydrogen (secondary N) is 1. The Hall–Kier alpha value is -1.76. The van der Waals surface area contributed by atoms with E-state index in [1.165, 1.54) is 13.2 Å². The van der Waals surface area contributed by atoms with Gasteiger partial charge in [0.15, 0.2) is 0 Å². The van der Waals surface area contributed by atoms with Crippen molar-refractivity contribution in [3.05, 3.63) is 23.8 Å². The molecule has 1 unspecified atom stereocenters. The Kier molecular flexibility index (Phi) is 4.88. The molecule has 1 aromatic rings. The molecule has 7 heteroatoms. The van der Waals surface area contributed by atoms with E-state index in [-0.39, 0.29) is 11.4 Å². The van der Waals surface area contributed by atoms with Gasteiger partial charge in [0.25, 0.3) is 0 Å². The molecule has 0 spiro atoms. The molecule has 4 nitrogen and oxygen atoms in total. The fourth-order valence-corrected chi connectivity index (χ4v) is 1.60. The normalized spacial score (nSPS) is 13.7. The van der Waals surface area contributed by atoms with E-state index in [2.05, 4.69) is 5.32 Å². The van der Waals surface area contributed by atoms with E-state index in [1.54, 1.807) is 20.8 Å². The molecule has 0 aliphatic rings. The van der Waals surface area contributed by atoms with E-state index < -0.39 is 29.1 Å². The Morgan fingerprint density at radius 1 is 1.29 bits per heavy atom. The van der Waals surface area contributed by atoms with Gasteiger partial charge in [-0.15, -0.1) is 0 Å². The van der Waals surface area contributed by atoms with Crippen LogP contribution in [0.3, 0.4) is 0 Å². The van der Waals surface area contributed by atoms with Crippen molar-refractivity contribution in [1.29, 1.82) is 0 Å². The Bertz CT molecular complexity index is 522. The quantitative estimate of drug-likeness (QED) is 0.902. The Labute approximate surface area is 121 Å². The first-order valence-corrected chi connectivity index (χ1v) is 6.28. The standard InChI is InChI=1S/C14H19F3N2O2/c1-13(2,3)11(18)12(20)19-10-6-5-8(21-4)7-9(10)14(15,16)17/h5-7,11H,18H2,1-4H3,(H,19,20). The van der Waals surface area contributed by atoms with Gasteiger partial charge in [-0.3, -0.25) is 4.79 Å². The van der Waals surface area contributed by atoms with E-state index in [4.69, 9.17) is 10.5 Å². The van der Waals surface area contributed by atoms with Crippen LogP contribution in [0.25, 0.3) is 0 Å². The van der Waals surface area contributed by atoms with Crippen molar-refractivity contribution in [2.24, 2.45) is 11.1 Å². The van der Waals surface area contributed by atoms with Gasteiger partial charge < -0.3 is 15.8 Å². The lowest BCUT2D eigenvalue weighted by molar-refractivity contribution is -0.137. The molecule has 0 radical (unpaired) electrons. The van der Waals surface area contributed by atoms with Gasteiger partial charge in [0.05, 0.1) is 24.4 Å². The predicted molar refractivity (Wildman–Crippen MR) is 74.1 cm³/mol. The van der Waals surface area contributed by atoms with Crippen LogP contribution in [0.4, 0.5) is 18.9 Å². The molecule has 1 aromatic carbocycles. The predicted octanol–water partition coefficient (Wildman–Crippen LogP) is 3.03. The number of amides is 1. The van der Waals surface area contributed by atoms with E-state index in [0.29, 0.717) is 0 Å².